The zero-order chi connectivity index (χ0) is 21.9. The summed E-state index contributed by atoms with van der Waals surface area (Å²) < 4.78 is 25.4. The van der Waals surface area contributed by atoms with Gasteiger partial charge < -0.3 is 23.7 Å². The average Bonchev–Trinajstić information content (AvgIpc) is 2.86. The van der Waals surface area contributed by atoms with Gasteiger partial charge in [-0.2, -0.15) is 0 Å². The van der Waals surface area contributed by atoms with E-state index in [4.69, 9.17) is 25.1 Å². The molecule has 0 aromatic heterocycles. The smallest absolute Gasteiger partial charge is 0.192 e. The molecule has 0 radical (unpaired) electrons. The van der Waals surface area contributed by atoms with Gasteiger partial charge in [-0.25, -0.2) is 0 Å². The van der Waals surface area contributed by atoms with Crippen LogP contribution < -0.4 is 0 Å². The lowest BCUT2D eigenvalue weighted by atomic mass is 10.0. The number of fused-ring (bicyclic) bond motifs is 1. The Hall–Kier alpha value is -1.20. The number of aliphatic hydroxyl groups is 1. The molecule has 6 atom stereocenters. The minimum atomic E-state index is -2.02. The highest BCUT2D eigenvalue weighted by atomic mass is 28.4. The highest BCUT2D eigenvalue weighted by Crippen LogP contribution is 2.40. The molecule has 6 heteroatoms. The Bertz CT molecular complexity index is 723. The lowest BCUT2D eigenvalue weighted by Gasteiger charge is -2.41. The van der Waals surface area contributed by atoms with Crippen molar-refractivity contribution in [3.8, 4) is 12.3 Å². The molecule has 1 aromatic carbocycles. The first-order valence-electron chi connectivity index (χ1n) is 10.9. The molecule has 1 aromatic rings. The Balaban J connectivity index is 1.76. The zero-order valence-electron chi connectivity index (χ0n) is 18.8. The lowest BCUT2D eigenvalue weighted by Crippen LogP contribution is -2.48. The van der Waals surface area contributed by atoms with E-state index in [1.807, 2.05) is 30.3 Å². The first-order valence-corrected chi connectivity index (χ1v) is 13.8. The number of ether oxygens (including phenoxy) is 3. The number of terminal acetylenes is 1. The first kappa shape index (κ1) is 23.5. The largest absolute Gasteiger partial charge is 0.411 e. The normalized spacial score (nSPS) is 31.3. The van der Waals surface area contributed by atoms with E-state index in [-0.39, 0.29) is 35.7 Å². The maximum atomic E-state index is 10.1. The van der Waals surface area contributed by atoms with E-state index in [2.05, 4.69) is 39.8 Å². The van der Waals surface area contributed by atoms with Crippen molar-refractivity contribution in [1.29, 1.82) is 0 Å². The molecule has 0 aliphatic carbocycles. The Morgan fingerprint density at radius 1 is 1.17 bits per heavy atom. The van der Waals surface area contributed by atoms with Gasteiger partial charge >= 0.3 is 0 Å². The van der Waals surface area contributed by atoms with Gasteiger partial charge in [0.15, 0.2) is 14.6 Å². The molecule has 0 unspecified atom stereocenters. The number of aliphatic hydroxyl groups excluding tert-OH is 1. The second kappa shape index (κ2) is 9.52. The maximum Gasteiger partial charge on any atom is 0.192 e. The number of rotatable bonds is 5. The molecule has 0 amide bonds. The molecule has 3 rings (SSSR count). The Labute approximate surface area is 182 Å². The van der Waals surface area contributed by atoms with Crippen LogP contribution in [0.4, 0.5) is 0 Å². The molecule has 5 nitrogen and oxygen atoms in total. The van der Waals surface area contributed by atoms with Gasteiger partial charge in [0.05, 0.1) is 24.9 Å². The highest BCUT2D eigenvalue weighted by molar-refractivity contribution is 6.74. The molecule has 0 saturated carbocycles. The molecule has 2 fully saturated rings. The third kappa shape index (κ3) is 5.53. The summed E-state index contributed by atoms with van der Waals surface area (Å²) in [7, 11) is -2.02. The van der Waals surface area contributed by atoms with E-state index < -0.39 is 14.4 Å². The third-order valence-corrected chi connectivity index (χ3v) is 11.1. The summed E-state index contributed by atoms with van der Waals surface area (Å²) in [5.74, 6) is 2.42. The van der Waals surface area contributed by atoms with Gasteiger partial charge in [-0.15, -0.1) is 6.42 Å². The third-order valence-electron chi connectivity index (χ3n) is 6.60. The average molecular weight is 433 g/mol. The van der Waals surface area contributed by atoms with Gasteiger partial charge in [0.25, 0.3) is 0 Å². The summed E-state index contributed by atoms with van der Waals surface area (Å²) in [4.78, 5) is 0. The van der Waals surface area contributed by atoms with Crippen molar-refractivity contribution in [1.82, 2.24) is 0 Å². The predicted octanol–water partition coefficient (Wildman–Crippen LogP) is 4.42. The standard InChI is InChI=1S/C24H36O5Si/c1-7-18(25)15-21-20(29-30(5,6)24(2,3)4)14-13-19-22(27-21)16-26-23(28-19)17-11-9-8-10-12-17/h1,8-12,18-23,25H,13-16H2,2-6H3/t18-,19-,20+,21-,22+,23+/m0/s1. The molecule has 0 bridgehead atoms. The molecule has 0 spiro atoms. The summed E-state index contributed by atoms with van der Waals surface area (Å²) in [5, 5.41) is 10.2. The molecular formula is C24H36O5Si. The summed E-state index contributed by atoms with van der Waals surface area (Å²) in [6, 6.07) is 9.97. The first-order chi connectivity index (χ1) is 14.1. The number of benzene rings is 1. The summed E-state index contributed by atoms with van der Waals surface area (Å²) in [5.41, 5.74) is 1.01. The predicted molar refractivity (Wildman–Crippen MR) is 119 cm³/mol. The molecule has 2 aliphatic rings. The Morgan fingerprint density at radius 2 is 1.87 bits per heavy atom. The molecule has 2 aliphatic heterocycles. The number of hydrogen-bond acceptors (Lipinski definition) is 5. The van der Waals surface area contributed by atoms with Gasteiger partial charge in [0.1, 0.15) is 12.2 Å². The van der Waals surface area contributed by atoms with Crippen LogP contribution in [0.2, 0.25) is 18.1 Å². The van der Waals surface area contributed by atoms with Crippen LogP contribution in [0.5, 0.6) is 0 Å². The fourth-order valence-corrected chi connectivity index (χ4v) is 5.13. The second-order valence-corrected chi connectivity index (χ2v) is 14.6. The molecule has 166 valence electrons. The van der Waals surface area contributed by atoms with Gasteiger partial charge in [0, 0.05) is 12.0 Å². The fraction of sp³-hybridized carbons (Fsp3) is 0.667. The summed E-state index contributed by atoms with van der Waals surface area (Å²) in [6.07, 6.45) is 5.47. The molecule has 2 saturated heterocycles. The van der Waals surface area contributed by atoms with Crippen LogP contribution in [0.1, 0.15) is 51.9 Å². The minimum Gasteiger partial charge on any atom is -0.411 e. The molecule has 2 heterocycles. The molecule has 1 N–H and O–H groups in total. The van der Waals surface area contributed by atoms with E-state index in [0.29, 0.717) is 13.0 Å². The van der Waals surface area contributed by atoms with Crippen molar-refractivity contribution in [2.24, 2.45) is 0 Å². The van der Waals surface area contributed by atoms with Crippen LogP contribution in [0.3, 0.4) is 0 Å². The van der Waals surface area contributed by atoms with Crippen LogP contribution >= 0.6 is 0 Å². The monoisotopic (exact) mass is 432 g/mol. The van der Waals surface area contributed by atoms with E-state index in [0.717, 1.165) is 18.4 Å². The van der Waals surface area contributed by atoms with E-state index in [1.165, 1.54) is 0 Å². The number of hydrogen-bond donors (Lipinski definition) is 1. The van der Waals surface area contributed by atoms with E-state index >= 15 is 0 Å². The quantitative estimate of drug-likeness (QED) is 0.551. The van der Waals surface area contributed by atoms with Crippen molar-refractivity contribution in [2.45, 2.75) is 95.0 Å². The van der Waals surface area contributed by atoms with Crippen molar-refractivity contribution in [3.05, 3.63) is 35.9 Å². The van der Waals surface area contributed by atoms with E-state index in [9.17, 15) is 5.11 Å². The summed E-state index contributed by atoms with van der Waals surface area (Å²) >= 11 is 0. The summed E-state index contributed by atoms with van der Waals surface area (Å²) in [6.45, 7) is 11.6. The highest BCUT2D eigenvalue weighted by Gasteiger charge is 2.45. The van der Waals surface area contributed by atoms with Crippen LogP contribution in [-0.4, -0.2) is 50.6 Å². The van der Waals surface area contributed by atoms with Crippen LogP contribution in [-0.2, 0) is 18.6 Å². The van der Waals surface area contributed by atoms with Gasteiger partial charge in [-0.1, -0.05) is 57.0 Å². The van der Waals surface area contributed by atoms with Gasteiger partial charge in [0.2, 0.25) is 0 Å². The van der Waals surface area contributed by atoms with E-state index in [1.54, 1.807) is 0 Å². The van der Waals surface area contributed by atoms with Crippen molar-refractivity contribution in [3.63, 3.8) is 0 Å². The van der Waals surface area contributed by atoms with Crippen molar-refractivity contribution in [2.75, 3.05) is 6.61 Å². The van der Waals surface area contributed by atoms with Gasteiger partial charge in [-0.05, 0) is 31.0 Å². The molecule has 30 heavy (non-hydrogen) atoms. The minimum absolute atomic E-state index is 0.0811. The second-order valence-electron chi connectivity index (χ2n) is 9.88. The Morgan fingerprint density at radius 3 is 2.50 bits per heavy atom. The molecular weight excluding hydrogens is 396 g/mol. The SMILES string of the molecule is C#C[C@H](O)C[C@@H]1O[C@@H]2CO[C@@H](c3ccccc3)O[C@H]2CC[C@H]1O[Si](C)(C)C(C)(C)C. The zero-order valence-corrected chi connectivity index (χ0v) is 19.8. The lowest BCUT2D eigenvalue weighted by molar-refractivity contribution is -0.271. The van der Waals surface area contributed by atoms with Crippen LogP contribution in [0.15, 0.2) is 30.3 Å². The van der Waals surface area contributed by atoms with Crippen molar-refractivity contribution >= 4 is 8.32 Å². The fourth-order valence-electron chi connectivity index (χ4n) is 3.75. The maximum absolute atomic E-state index is 10.1. The van der Waals surface area contributed by atoms with Crippen molar-refractivity contribution < 1.29 is 23.7 Å². The Kier molecular flexibility index (Phi) is 7.44. The van der Waals surface area contributed by atoms with Crippen LogP contribution in [0.25, 0.3) is 0 Å². The topological polar surface area (TPSA) is 57.2 Å². The van der Waals surface area contributed by atoms with Gasteiger partial charge in [-0.3, -0.25) is 0 Å². The van der Waals surface area contributed by atoms with Crippen LogP contribution in [0, 0.1) is 12.3 Å².